The molecule has 0 aromatic carbocycles. The van der Waals surface area contributed by atoms with Crippen LogP contribution in [0, 0.1) is 6.92 Å². The lowest BCUT2D eigenvalue weighted by atomic mass is 10.3. The minimum absolute atomic E-state index is 0.801. The van der Waals surface area contributed by atoms with Gasteiger partial charge in [0.25, 0.3) is 0 Å². The number of nitrogens with zero attached hydrogens (tertiary/aromatic N) is 4. The third kappa shape index (κ3) is 3.14. The van der Waals surface area contributed by atoms with E-state index in [9.17, 15) is 0 Å². The molecule has 3 rings (SSSR count). The van der Waals surface area contributed by atoms with Crippen molar-refractivity contribution < 1.29 is 0 Å². The molecule has 1 N–H and O–H groups in total. The third-order valence-corrected chi connectivity index (χ3v) is 3.04. The maximum atomic E-state index is 4.62. The second kappa shape index (κ2) is 6.85. The van der Waals surface area contributed by atoms with Gasteiger partial charge >= 0.3 is 0 Å². The molecule has 0 spiro atoms. The van der Waals surface area contributed by atoms with Crippen LogP contribution in [-0.4, -0.2) is 24.7 Å². The first kappa shape index (κ1) is 15.7. The highest BCUT2D eigenvalue weighted by molar-refractivity contribution is 5.64. The van der Waals surface area contributed by atoms with Gasteiger partial charge in [0.2, 0.25) is 0 Å². The molecular weight excluding hydrogens is 274 g/mol. The maximum Gasteiger partial charge on any atom is 0.139 e. The highest BCUT2D eigenvalue weighted by Crippen LogP contribution is 2.24. The maximum absolute atomic E-state index is 4.62. The summed E-state index contributed by atoms with van der Waals surface area (Å²) in [5.41, 5.74) is 4.50. The summed E-state index contributed by atoms with van der Waals surface area (Å²) in [6.45, 7) is 11.8. The van der Waals surface area contributed by atoms with E-state index in [2.05, 4.69) is 26.6 Å². The quantitative estimate of drug-likeness (QED) is 0.789. The topological polar surface area (TPSA) is 59.4 Å². The number of aromatic nitrogens is 5. The van der Waals surface area contributed by atoms with Crippen molar-refractivity contribution in [2.45, 2.75) is 27.7 Å². The molecule has 114 valence electrons. The molecule has 3 aromatic rings. The van der Waals surface area contributed by atoms with Crippen molar-refractivity contribution in [1.82, 2.24) is 24.7 Å². The second-order valence-corrected chi connectivity index (χ2v) is 4.68. The van der Waals surface area contributed by atoms with Crippen molar-refractivity contribution in [2.75, 3.05) is 0 Å². The molecule has 0 bridgehead atoms. The van der Waals surface area contributed by atoms with E-state index in [1.54, 1.807) is 17.1 Å². The van der Waals surface area contributed by atoms with Crippen LogP contribution in [0.4, 0.5) is 0 Å². The summed E-state index contributed by atoms with van der Waals surface area (Å²) in [7, 11) is 0. The van der Waals surface area contributed by atoms with Crippen molar-refractivity contribution in [3.05, 3.63) is 49.1 Å². The monoisotopic (exact) mass is 295 g/mol. The summed E-state index contributed by atoms with van der Waals surface area (Å²) < 4.78 is 1.74. The van der Waals surface area contributed by atoms with E-state index < -0.39 is 0 Å². The van der Waals surface area contributed by atoms with Crippen LogP contribution < -0.4 is 0 Å². The number of H-pyrrole nitrogens is 1. The Morgan fingerprint density at radius 3 is 2.64 bits per heavy atom. The predicted octanol–water partition coefficient (Wildman–Crippen LogP) is 4.16. The van der Waals surface area contributed by atoms with Gasteiger partial charge in [-0.1, -0.05) is 20.4 Å². The van der Waals surface area contributed by atoms with Crippen LogP contribution in [0.2, 0.25) is 0 Å². The molecule has 0 radical (unpaired) electrons. The highest BCUT2D eigenvalue weighted by Gasteiger charge is 2.13. The number of hydrogen-bond donors (Lipinski definition) is 1. The zero-order valence-corrected chi connectivity index (χ0v) is 13.5. The largest absolute Gasteiger partial charge is 0.341 e. The normalized spacial score (nSPS) is 10.0. The van der Waals surface area contributed by atoms with E-state index in [4.69, 9.17) is 0 Å². The Labute approximate surface area is 130 Å². The first-order valence-electron chi connectivity index (χ1n) is 7.34. The van der Waals surface area contributed by atoms with Crippen LogP contribution in [0.3, 0.4) is 0 Å². The van der Waals surface area contributed by atoms with Crippen LogP contribution >= 0.6 is 0 Å². The summed E-state index contributed by atoms with van der Waals surface area (Å²) in [5.74, 6) is 0.801. The summed E-state index contributed by atoms with van der Waals surface area (Å²) in [5, 5.41) is 4.47. The van der Waals surface area contributed by atoms with Gasteiger partial charge in [-0.3, -0.25) is 4.98 Å². The number of allylic oxidation sites excluding steroid dienone is 1. The fourth-order valence-electron chi connectivity index (χ4n) is 2.01. The first-order valence-corrected chi connectivity index (χ1v) is 7.34. The molecule has 22 heavy (non-hydrogen) atoms. The van der Waals surface area contributed by atoms with Gasteiger partial charge in [-0.25, -0.2) is 9.67 Å². The molecule has 0 unspecified atom stereocenters. The standard InChI is InChI=1S/C15H15N5.C2H6/c1-10(2)20-8-6-13(19-20)14-11(3)17-15(18-14)12-5-4-7-16-9-12;1-2/h4-9H,1H2,2-3H3,(H,17,18);1-2H3. The molecule has 5 heteroatoms. The van der Waals surface area contributed by atoms with E-state index in [0.29, 0.717) is 0 Å². The Morgan fingerprint density at radius 1 is 1.27 bits per heavy atom. The van der Waals surface area contributed by atoms with Crippen molar-refractivity contribution in [3.63, 3.8) is 0 Å². The molecule has 0 atom stereocenters. The second-order valence-electron chi connectivity index (χ2n) is 4.68. The van der Waals surface area contributed by atoms with Crippen LogP contribution in [-0.2, 0) is 0 Å². The molecule has 0 saturated heterocycles. The Kier molecular flexibility index (Phi) is 4.88. The van der Waals surface area contributed by atoms with Crippen LogP contribution in [0.25, 0.3) is 28.5 Å². The minimum atomic E-state index is 0.801. The first-order chi connectivity index (χ1) is 10.6. The molecule has 3 heterocycles. The number of nitrogens with one attached hydrogen (secondary N) is 1. The molecule has 0 aliphatic carbocycles. The molecule has 0 amide bonds. The average Bonchev–Trinajstić information content (AvgIpc) is 3.17. The number of rotatable bonds is 3. The lowest BCUT2D eigenvalue weighted by Gasteiger charge is -1.96. The van der Waals surface area contributed by atoms with Crippen molar-refractivity contribution in [3.8, 4) is 22.8 Å². The Hall–Kier alpha value is -2.69. The fourth-order valence-corrected chi connectivity index (χ4v) is 2.01. The lowest BCUT2D eigenvalue weighted by molar-refractivity contribution is 0.900. The molecule has 5 nitrogen and oxygen atoms in total. The number of aromatic amines is 1. The van der Waals surface area contributed by atoms with Gasteiger partial charge in [-0.15, -0.1) is 0 Å². The molecule has 3 aromatic heterocycles. The van der Waals surface area contributed by atoms with E-state index in [1.165, 1.54) is 0 Å². The van der Waals surface area contributed by atoms with Crippen LogP contribution in [0.15, 0.2) is 43.4 Å². The Bertz CT molecular complexity index is 752. The molecule has 0 aliphatic rings. The Balaban J connectivity index is 0.000000847. The molecule has 0 saturated carbocycles. The lowest BCUT2D eigenvalue weighted by Crippen LogP contribution is -1.93. The van der Waals surface area contributed by atoms with Gasteiger partial charge in [0.1, 0.15) is 17.2 Å². The van der Waals surface area contributed by atoms with Gasteiger partial charge in [0.15, 0.2) is 0 Å². The van der Waals surface area contributed by atoms with Gasteiger partial charge in [-0.2, -0.15) is 5.10 Å². The van der Waals surface area contributed by atoms with Gasteiger partial charge in [0, 0.05) is 35.5 Å². The SMILES string of the molecule is C=C(C)n1ccc(-c2nc(-c3cccnc3)[nH]c2C)n1.CC. The average molecular weight is 295 g/mol. The summed E-state index contributed by atoms with van der Waals surface area (Å²) in [6.07, 6.45) is 5.42. The Morgan fingerprint density at radius 2 is 2.05 bits per heavy atom. The van der Waals surface area contributed by atoms with Gasteiger partial charge < -0.3 is 4.98 Å². The summed E-state index contributed by atoms with van der Waals surface area (Å²) >= 11 is 0. The van der Waals surface area contributed by atoms with Crippen LogP contribution in [0.1, 0.15) is 26.5 Å². The minimum Gasteiger partial charge on any atom is -0.341 e. The summed E-state index contributed by atoms with van der Waals surface area (Å²) in [6, 6.07) is 5.80. The van der Waals surface area contributed by atoms with Crippen molar-refractivity contribution in [2.24, 2.45) is 0 Å². The predicted molar refractivity (Wildman–Crippen MR) is 90.1 cm³/mol. The smallest absolute Gasteiger partial charge is 0.139 e. The fraction of sp³-hybridized carbons (Fsp3) is 0.235. The number of pyridine rings is 1. The number of hydrogen-bond acceptors (Lipinski definition) is 3. The molecular formula is C17H21N5. The van der Waals surface area contributed by atoms with Gasteiger partial charge in [-0.05, 0) is 32.0 Å². The van der Waals surface area contributed by atoms with Crippen LogP contribution in [0.5, 0.6) is 0 Å². The zero-order chi connectivity index (χ0) is 16.1. The van der Waals surface area contributed by atoms with E-state index >= 15 is 0 Å². The number of aryl methyl sites for hydroxylation is 1. The van der Waals surface area contributed by atoms with Crippen molar-refractivity contribution >= 4 is 5.70 Å². The van der Waals surface area contributed by atoms with Gasteiger partial charge in [0.05, 0.1) is 0 Å². The third-order valence-electron chi connectivity index (χ3n) is 3.04. The van der Waals surface area contributed by atoms with E-state index in [1.807, 2.05) is 52.1 Å². The van der Waals surface area contributed by atoms with E-state index in [-0.39, 0.29) is 0 Å². The number of imidazole rings is 1. The van der Waals surface area contributed by atoms with E-state index in [0.717, 1.165) is 34.2 Å². The highest BCUT2D eigenvalue weighted by atomic mass is 15.3. The molecule has 0 aliphatic heterocycles. The summed E-state index contributed by atoms with van der Waals surface area (Å²) in [4.78, 5) is 12.0. The van der Waals surface area contributed by atoms with Crippen molar-refractivity contribution in [1.29, 1.82) is 0 Å². The molecule has 0 fully saturated rings. The zero-order valence-electron chi connectivity index (χ0n) is 13.5.